The maximum atomic E-state index is 14.0. The van der Waals surface area contributed by atoms with E-state index in [-0.39, 0.29) is 36.2 Å². The summed E-state index contributed by atoms with van der Waals surface area (Å²) in [6.07, 6.45) is 3.65. The number of Topliss-reactive ketones (excluding diaryl/α,β-unsaturated/α-hetero) is 2. The van der Waals surface area contributed by atoms with E-state index in [0.717, 1.165) is 11.6 Å². The number of aliphatic hydroxyl groups is 4. The normalized spacial score (nSPS) is 43.9. The number of allylic oxidation sites excluding steroid dienone is 2. The lowest BCUT2D eigenvalue weighted by Crippen LogP contribution is -2.62. The highest BCUT2D eigenvalue weighted by atomic mass is 16.3. The van der Waals surface area contributed by atoms with Crippen molar-refractivity contribution in [2.24, 2.45) is 39.9 Å². The maximum Gasteiger partial charge on any atom is 0.187 e. The van der Waals surface area contributed by atoms with Gasteiger partial charge < -0.3 is 20.4 Å². The van der Waals surface area contributed by atoms with E-state index in [1.54, 1.807) is 0 Å². The summed E-state index contributed by atoms with van der Waals surface area (Å²) in [6, 6.07) is 0. The number of rotatable bonds is 4. The minimum absolute atomic E-state index is 0.00249. The Morgan fingerprint density at radius 3 is 2.28 bits per heavy atom. The lowest BCUT2D eigenvalue weighted by atomic mass is 9.42. The van der Waals surface area contributed by atoms with Gasteiger partial charge in [0.1, 0.15) is 17.5 Å². The van der Waals surface area contributed by atoms with Crippen molar-refractivity contribution >= 4 is 17.3 Å². The molecule has 4 N–H and O–H groups in total. The second-order valence-corrected chi connectivity index (χ2v) is 13.6. The van der Waals surface area contributed by atoms with Crippen LogP contribution < -0.4 is 0 Å². The third-order valence-electron chi connectivity index (χ3n) is 10.4. The van der Waals surface area contributed by atoms with Crippen molar-refractivity contribution in [2.75, 3.05) is 0 Å². The first-order valence-electron chi connectivity index (χ1n) is 13.1. The van der Waals surface area contributed by atoms with E-state index < -0.39 is 57.3 Å². The molecule has 7 nitrogen and oxygen atoms in total. The molecule has 4 aliphatic carbocycles. The van der Waals surface area contributed by atoms with Crippen molar-refractivity contribution in [3.63, 3.8) is 0 Å². The molecular weight excluding hydrogens is 460 g/mol. The zero-order valence-corrected chi connectivity index (χ0v) is 22.5. The fraction of sp³-hybridized carbons (Fsp3) is 0.759. The van der Waals surface area contributed by atoms with Crippen LogP contribution in [0.2, 0.25) is 0 Å². The van der Waals surface area contributed by atoms with E-state index in [1.165, 1.54) is 26.8 Å². The Balaban J connectivity index is 1.75. The quantitative estimate of drug-likeness (QED) is 0.343. The van der Waals surface area contributed by atoms with Crippen LogP contribution in [0.1, 0.15) is 74.1 Å². The Labute approximate surface area is 213 Å². The molecule has 0 heterocycles. The molecular formula is C29H42O7. The van der Waals surface area contributed by atoms with Crippen molar-refractivity contribution in [3.05, 3.63) is 23.8 Å². The molecule has 3 fully saturated rings. The standard InChI is InChI=1S/C29H42O7/c1-25(2,35)11-10-21(32)29(7,36)23-17-13-22(33)28(6)16-12-18(30)24(34)26(3,4)15(16)8-9-20(28)27(17,5)14-19(23)31/h8,10-11,16-20,23,30-31,35-36H,9,12-14H2,1-7H3/b11-10+/t16-,17?,18+,19-,20+,23-,27-,28+,29+/m1/s1. The average molecular weight is 503 g/mol. The summed E-state index contributed by atoms with van der Waals surface area (Å²) in [5, 5.41) is 43.3. The molecule has 0 radical (unpaired) electrons. The van der Waals surface area contributed by atoms with Gasteiger partial charge >= 0.3 is 0 Å². The summed E-state index contributed by atoms with van der Waals surface area (Å²) in [5.41, 5.74) is -4.43. The van der Waals surface area contributed by atoms with Gasteiger partial charge in [-0.05, 0) is 83.1 Å². The van der Waals surface area contributed by atoms with E-state index in [4.69, 9.17) is 0 Å². The predicted octanol–water partition coefficient (Wildman–Crippen LogP) is 2.54. The van der Waals surface area contributed by atoms with Crippen LogP contribution in [0, 0.1) is 39.9 Å². The lowest BCUT2D eigenvalue weighted by molar-refractivity contribution is -0.166. The fourth-order valence-corrected chi connectivity index (χ4v) is 8.46. The molecule has 4 aliphatic rings. The molecule has 0 amide bonds. The van der Waals surface area contributed by atoms with Crippen LogP contribution in [-0.4, -0.2) is 61.2 Å². The molecule has 0 aromatic heterocycles. The van der Waals surface area contributed by atoms with Gasteiger partial charge in [-0.15, -0.1) is 0 Å². The van der Waals surface area contributed by atoms with Crippen LogP contribution in [0.3, 0.4) is 0 Å². The van der Waals surface area contributed by atoms with Crippen LogP contribution in [0.4, 0.5) is 0 Å². The molecule has 36 heavy (non-hydrogen) atoms. The van der Waals surface area contributed by atoms with Gasteiger partial charge in [-0.2, -0.15) is 0 Å². The molecule has 3 saturated carbocycles. The predicted molar refractivity (Wildman–Crippen MR) is 134 cm³/mol. The smallest absolute Gasteiger partial charge is 0.187 e. The van der Waals surface area contributed by atoms with Crippen LogP contribution in [0.25, 0.3) is 0 Å². The number of carbonyl (C=O) groups is 3. The second-order valence-electron chi connectivity index (χ2n) is 13.6. The third kappa shape index (κ3) is 3.72. The Morgan fingerprint density at radius 1 is 1.08 bits per heavy atom. The van der Waals surface area contributed by atoms with E-state index in [2.05, 4.69) is 13.0 Å². The Hall–Kier alpha value is -1.67. The van der Waals surface area contributed by atoms with Gasteiger partial charge in [-0.25, -0.2) is 0 Å². The number of hydrogen-bond acceptors (Lipinski definition) is 7. The summed E-state index contributed by atoms with van der Waals surface area (Å²) < 4.78 is 0. The van der Waals surface area contributed by atoms with Gasteiger partial charge in [0.25, 0.3) is 0 Å². The monoisotopic (exact) mass is 502 g/mol. The van der Waals surface area contributed by atoms with Crippen molar-refractivity contribution in [1.82, 2.24) is 0 Å². The Morgan fingerprint density at radius 2 is 1.69 bits per heavy atom. The lowest BCUT2D eigenvalue weighted by Gasteiger charge is -2.61. The van der Waals surface area contributed by atoms with E-state index in [0.29, 0.717) is 12.8 Å². The van der Waals surface area contributed by atoms with Crippen molar-refractivity contribution in [3.8, 4) is 0 Å². The summed E-state index contributed by atoms with van der Waals surface area (Å²) in [7, 11) is 0. The third-order valence-corrected chi connectivity index (χ3v) is 10.4. The molecule has 0 aliphatic heterocycles. The minimum Gasteiger partial charge on any atom is -0.393 e. The maximum absolute atomic E-state index is 14.0. The summed E-state index contributed by atoms with van der Waals surface area (Å²) >= 11 is 0. The zero-order valence-electron chi connectivity index (χ0n) is 22.5. The number of carbonyl (C=O) groups excluding carboxylic acids is 3. The fourth-order valence-electron chi connectivity index (χ4n) is 8.46. The molecule has 200 valence electrons. The van der Waals surface area contributed by atoms with Gasteiger partial charge in [-0.1, -0.05) is 31.6 Å². The summed E-state index contributed by atoms with van der Waals surface area (Å²) in [6.45, 7) is 12.1. The molecule has 0 aromatic carbocycles. The number of fused-ring (bicyclic) bond motifs is 5. The second kappa shape index (κ2) is 8.16. The van der Waals surface area contributed by atoms with Gasteiger partial charge in [-0.3, -0.25) is 14.4 Å². The Kier molecular flexibility index (Phi) is 6.21. The average Bonchev–Trinajstić information content (AvgIpc) is 3.01. The largest absolute Gasteiger partial charge is 0.393 e. The molecule has 0 spiro atoms. The van der Waals surface area contributed by atoms with E-state index in [1.807, 2.05) is 20.8 Å². The highest BCUT2D eigenvalue weighted by molar-refractivity contribution is 5.97. The molecule has 1 unspecified atom stereocenters. The first-order chi connectivity index (χ1) is 16.3. The van der Waals surface area contributed by atoms with Gasteiger partial charge in [0.15, 0.2) is 11.6 Å². The first kappa shape index (κ1) is 27.4. The summed E-state index contributed by atoms with van der Waals surface area (Å²) in [4.78, 5) is 39.8. The van der Waals surface area contributed by atoms with Crippen LogP contribution in [0.15, 0.2) is 23.8 Å². The first-order valence-corrected chi connectivity index (χ1v) is 13.1. The summed E-state index contributed by atoms with van der Waals surface area (Å²) in [5.74, 6) is -2.53. The molecule has 9 atom stereocenters. The van der Waals surface area contributed by atoms with Crippen LogP contribution >= 0.6 is 0 Å². The SMILES string of the molecule is CC(C)(O)/C=C/C(=O)[C@](C)(O)[C@@H]1C2CC(=O)[C@@]3(C)[C@@H]4C[C@H](O)C(=O)C(C)(C)C4=CC[C@H]3[C@]2(C)C[C@H]1O. The highest BCUT2D eigenvalue weighted by Gasteiger charge is 2.70. The van der Waals surface area contributed by atoms with E-state index in [9.17, 15) is 34.8 Å². The van der Waals surface area contributed by atoms with Crippen molar-refractivity contribution < 1.29 is 34.8 Å². The van der Waals surface area contributed by atoms with Gasteiger partial charge in [0.2, 0.25) is 0 Å². The number of ketones is 3. The van der Waals surface area contributed by atoms with Gasteiger partial charge in [0.05, 0.1) is 11.7 Å². The topological polar surface area (TPSA) is 132 Å². The molecule has 0 saturated heterocycles. The molecule has 0 bridgehead atoms. The zero-order chi connectivity index (χ0) is 27.2. The van der Waals surface area contributed by atoms with Crippen molar-refractivity contribution in [2.45, 2.75) is 97.6 Å². The van der Waals surface area contributed by atoms with Crippen LogP contribution in [-0.2, 0) is 14.4 Å². The molecule has 4 rings (SSSR count). The molecule has 7 heteroatoms. The number of hydrogen-bond donors (Lipinski definition) is 4. The Bertz CT molecular complexity index is 1040. The molecule has 0 aromatic rings. The van der Waals surface area contributed by atoms with Crippen molar-refractivity contribution in [1.29, 1.82) is 0 Å². The highest BCUT2D eigenvalue weighted by Crippen LogP contribution is 2.69. The number of aliphatic hydroxyl groups excluding tert-OH is 2. The van der Waals surface area contributed by atoms with Crippen LogP contribution in [0.5, 0.6) is 0 Å². The van der Waals surface area contributed by atoms with Gasteiger partial charge in [0, 0.05) is 23.2 Å². The van der Waals surface area contributed by atoms with E-state index >= 15 is 0 Å². The minimum atomic E-state index is -1.91.